The highest BCUT2D eigenvalue weighted by Gasteiger charge is 2.20. The number of amides is 2. The monoisotopic (exact) mass is 331 g/mol. The minimum Gasteiger partial charge on any atom is -0.347 e. The summed E-state index contributed by atoms with van der Waals surface area (Å²) in [5, 5.41) is 5.52. The normalized spacial score (nSPS) is 14.8. The number of nitrogens with zero attached hydrogens (tertiary/aromatic N) is 1. The zero-order valence-electron chi connectivity index (χ0n) is 15.0. The molecule has 0 bridgehead atoms. The van der Waals surface area contributed by atoms with Crippen LogP contribution < -0.4 is 10.6 Å². The number of nitrogens with one attached hydrogen (secondary N) is 2. The van der Waals surface area contributed by atoms with Crippen LogP contribution in [0.4, 0.5) is 0 Å². The van der Waals surface area contributed by atoms with Gasteiger partial charge < -0.3 is 15.5 Å². The lowest BCUT2D eigenvalue weighted by atomic mass is 9.89. The summed E-state index contributed by atoms with van der Waals surface area (Å²) < 4.78 is 0. The summed E-state index contributed by atoms with van der Waals surface area (Å²) in [5.74, 6) is -1.12. The van der Waals surface area contributed by atoms with E-state index in [9.17, 15) is 9.59 Å². The second kappa shape index (κ2) is 8.83. The summed E-state index contributed by atoms with van der Waals surface area (Å²) in [6.07, 6.45) is 5.50. The maximum atomic E-state index is 12.1. The highest BCUT2D eigenvalue weighted by Crippen LogP contribution is 2.26. The first-order valence-corrected chi connectivity index (χ1v) is 8.86. The number of benzene rings is 1. The number of rotatable bonds is 6. The molecule has 2 N–H and O–H groups in total. The molecule has 1 unspecified atom stereocenters. The molecule has 5 nitrogen and oxygen atoms in total. The molecule has 1 aromatic carbocycles. The molecule has 0 spiro atoms. The number of hydrogen-bond donors (Lipinski definition) is 2. The van der Waals surface area contributed by atoms with Crippen molar-refractivity contribution >= 4 is 11.8 Å². The number of hydrogen-bond acceptors (Lipinski definition) is 3. The molecule has 5 heteroatoms. The van der Waals surface area contributed by atoms with Crippen molar-refractivity contribution in [3.63, 3.8) is 0 Å². The third-order valence-electron chi connectivity index (χ3n) is 4.54. The fraction of sp³-hybridized carbons (Fsp3) is 0.579. The van der Waals surface area contributed by atoms with E-state index < -0.39 is 11.8 Å². The molecule has 1 aliphatic rings. The van der Waals surface area contributed by atoms with Crippen molar-refractivity contribution in [2.45, 2.75) is 45.1 Å². The zero-order valence-corrected chi connectivity index (χ0v) is 15.0. The molecular weight excluding hydrogens is 302 g/mol. The first kappa shape index (κ1) is 18.5. The molecule has 0 saturated heterocycles. The number of likely N-dealkylation sites (N-methyl/N-ethyl adjacent to an activating group) is 1. The van der Waals surface area contributed by atoms with Crippen LogP contribution in [-0.4, -0.2) is 43.9 Å². The van der Waals surface area contributed by atoms with Crippen LogP contribution in [0.5, 0.6) is 0 Å². The van der Waals surface area contributed by atoms with E-state index >= 15 is 0 Å². The van der Waals surface area contributed by atoms with Gasteiger partial charge in [0.05, 0.1) is 6.04 Å². The van der Waals surface area contributed by atoms with Crippen molar-refractivity contribution in [1.82, 2.24) is 15.5 Å². The van der Waals surface area contributed by atoms with E-state index in [1.165, 1.54) is 24.0 Å². The molecule has 0 fully saturated rings. The summed E-state index contributed by atoms with van der Waals surface area (Å²) in [7, 11) is 3.85. The van der Waals surface area contributed by atoms with E-state index in [4.69, 9.17) is 0 Å². The van der Waals surface area contributed by atoms with Gasteiger partial charge in [-0.3, -0.25) is 9.59 Å². The fourth-order valence-corrected chi connectivity index (χ4v) is 3.09. The van der Waals surface area contributed by atoms with Gasteiger partial charge >= 0.3 is 11.8 Å². The Bertz CT molecular complexity index is 584. The van der Waals surface area contributed by atoms with Gasteiger partial charge in [-0.15, -0.1) is 0 Å². The van der Waals surface area contributed by atoms with Crippen LogP contribution in [0.1, 0.15) is 48.9 Å². The highest BCUT2D eigenvalue weighted by molar-refractivity contribution is 6.35. The lowest BCUT2D eigenvalue weighted by Crippen LogP contribution is -2.43. The molecule has 0 saturated carbocycles. The molecule has 0 aromatic heterocycles. The second-order valence-electron chi connectivity index (χ2n) is 6.73. The minimum atomic E-state index is -0.562. The molecule has 2 amide bonds. The van der Waals surface area contributed by atoms with E-state index in [0.717, 1.165) is 24.8 Å². The Kier molecular flexibility index (Phi) is 6.79. The zero-order chi connectivity index (χ0) is 17.5. The van der Waals surface area contributed by atoms with Crippen LogP contribution in [-0.2, 0) is 22.4 Å². The van der Waals surface area contributed by atoms with Gasteiger partial charge in [-0.05, 0) is 62.9 Å². The van der Waals surface area contributed by atoms with Crippen molar-refractivity contribution in [3.05, 3.63) is 34.9 Å². The van der Waals surface area contributed by atoms with Gasteiger partial charge in [0.15, 0.2) is 0 Å². The minimum absolute atomic E-state index is 0.121. The van der Waals surface area contributed by atoms with E-state index in [1.54, 1.807) is 0 Å². The van der Waals surface area contributed by atoms with Crippen LogP contribution in [0, 0.1) is 0 Å². The third-order valence-corrected chi connectivity index (χ3v) is 4.54. The molecular formula is C19H29N3O2. The van der Waals surface area contributed by atoms with Crippen molar-refractivity contribution in [3.8, 4) is 0 Å². The van der Waals surface area contributed by atoms with Crippen LogP contribution in [0.3, 0.4) is 0 Å². The van der Waals surface area contributed by atoms with Crippen molar-refractivity contribution in [1.29, 1.82) is 0 Å². The largest absolute Gasteiger partial charge is 0.347 e. The lowest BCUT2D eigenvalue weighted by Gasteiger charge is -2.21. The molecule has 1 atom stereocenters. The number of aryl methyl sites for hydroxylation is 2. The van der Waals surface area contributed by atoms with Gasteiger partial charge in [0, 0.05) is 13.1 Å². The Labute approximate surface area is 144 Å². The Hall–Kier alpha value is -1.88. The summed E-state index contributed by atoms with van der Waals surface area (Å²) in [6.45, 7) is 3.20. The summed E-state index contributed by atoms with van der Waals surface area (Å²) in [6, 6.07) is 6.34. The van der Waals surface area contributed by atoms with Gasteiger partial charge in [0.2, 0.25) is 0 Å². The topological polar surface area (TPSA) is 61.4 Å². The van der Waals surface area contributed by atoms with Crippen LogP contribution in [0.2, 0.25) is 0 Å². The average Bonchev–Trinajstić information content (AvgIpc) is 2.58. The molecule has 0 heterocycles. The predicted octanol–water partition coefficient (Wildman–Crippen LogP) is 1.81. The second-order valence-corrected chi connectivity index (χ2v) is 6.73. The molecule has 132 valence electrons. The van der Waals surface area contributed by atoms with E-state index in [0.29, 0.717) is 13.1 Å². The SMILES string of the molecule is CCC(NC(=O)C(=O)NCCN(C)C)c1ccc2c(c1)CCCC2. The molecule has 0 aliphatic heterocycles. The van der Waals surface area contributed by atoms with Crippen LogP contribution in [0.25, 0.3) is 0 Å². The number of carbonyl (C=O) groups excluding carboxylic acids is 2. The Morgan fingerprint density at radius 1 is 1.12 bits per heavy atom. The molecule has 0 radical (unpaired) electrons. The Balaban J connectivity index is 1.96. The van der Waals surface area contributed by atoms with Crippen LogP contribution in [0.15, 0.2) is 18.2 Å². The third kappa shape index (κ3) is 5.06. The molecule has 1 aromatic rings. The van der Waals surface area contributed by atoms with Gasteiger partial charge in [-0.1, -0.05) is 25.1 Å². The standard InChI is InChI=1S/C19H29N3O2/c1-4-17(21-19(24)18(23)20-11-12-22(2)3)16-10-9-14-7-5-6-8-15(14)13-16/h9-10,13,17H,4-8,11-12H2,1-3H3,(H,20,23)(H,21,24). The van der Waals surface area contributed by atoms with Gasteiger partial charge in [-0.2, -0.15) is 0 Å². The van der Waals surface area contributed by atoms with Gasteiger partial charge in [0.25, 0.3) is 0 Å². The molecule has 24 heavy (non-hydrogen) atoms. The first-order chi connectivity index (χ1) is 11.5. The lowest BCUT2D eigenvalue weighted by molar-refractivity contribution is -0.139. The van der Waals surface area contributed by atoms with Crippen molar-refractivity contribution in [2.24, 2.45) is 0 Å². The summed E-state index contributed by atoms with van der Waals surface area (Å²) in [5.41, 5.74) is 3.90. The predicted molar refractivity (Wildman–Crippen MR) is 95.8 cm³/mol. The van der Waals surface area contributed by atoms with Crippen molar-refractivity contribution in [2.75, 3.05) is 27.2 Å². The number of fused-ring (bicyclic) bond motifs is 1. The fourth-order valence-electron chi connectivity index (χ4n) is 3.09. The van der Waals surface area contributed by atoms with E-state index in [1.807, 2.05) is 25.9 Å². The van der Waals surface area contributed by atoms with E-state index in [2.05, 4.69) is 28.8 Å². The maximum absolute atomic E-state index is 12.1. The summed E-state index contributed by atoms with van der Waals surface area (Å²) >= 11 is 0. The first-order valence-electron chi connectivity index (χ1n) is 8.86. The number of carbonyl (C=O) groups is 2. The smallest absolute Gasteiger partial charge is 0.309 e. The molecule has 1 aliphatic carbocycles. The Morgan fingerprint density at radius 3 is 2.50 bits per heavy atom. The summed E-state index contributed by atoms with van der Waals surface area (Å²) in [4.78, 5) is 26.0. The average molecular weight is 331 g/mol. The van der Waals surface area contributed by atoms with Crippen molar-refractivity contribution < 1.29 is 9.59 Å². The van der Waals surface area contributed by atoms with E-state index in [-0.39, 0.29) is 6.04 Å². The molecule has 2 rings (SSSR count). The van der Waals surface area contributed by atoms with Gasteiger partial charge in [0.1, 0.15) is 0 Å². The maximum Gasteiger partial charge on any atom is 0.309 e. The highest BCUT2D eigenvalue weighted by atomic mass is 16.2. The van der Waals surface area contributed by atoms with Gasteiger partial charge in [-0.25, -0.2) is 0 Å². The Morgan fingerprint density at radius 2 is 1.83 bits per heavy atom. The van der Waals surface area contributed by atoms with Crippen LogP contribution >= 0.6 is 0 Å². The quantitative estimate of drug-likeness (QED) is 0.782.